The number of nitrogens with zero attached hydrogens (tertiary/aromatic N) is 2. The van der Waals surface area contributed by atoms with Gasteiger partial charge >= 0.3 is 0 Å². The summed E-state index contributed by atoms with van der Waals surface area (Å²) in [6, 6.07) is 0. The molecule has 5 nitrogen and oxygen atoms in total. The second-order valence-electron chi connectivity index (χ2n) is 6.09. The van der Waals surface area contributed by atoms with Crippen LogP contribution in [-0.4, -0.2) is 64.3 Å². The maximum absolute atomic E-state index is 5.60. The van der Waals surface area contributed by atoms with Crippen molar-refractivity contribution in [3.8, 4) is 0 Å². The maximum atomic E-state index is 5.60. The van der Waals surface area contributed by atoms with Gasteiger partial charge in [0, 0.05) is 26.7 Å². The van der Waals surface area contributed by atoms with E-state index in [1.807, 2.05) is 7.05 Å². The molecule has 1 heterocycles. The van der Waals surface area contributed by atoms with Gasteiger partial charge in [0.1, 0.15) is 0 Å². The number of nitrogens with one attached hydrogen (secondary N) is 2. The molecule has 1 unspecified atom stereocenters. The Morgan fingerprint density at radius 2 is 1.86 bits per heavy atom. The Morgan fingerprint density at radius 3 is 2.50 bits per heavy atom. The van der Waals surface area contributed by atoms with E-state index in [0.29, 0.717) is 6.10 Å². The summed E-state index contributed by atoms with van der Waals surface area (Å²) in [6.45, 7) is 3.98. The van der Waals surface area contributed by atoms with Crippen LogP contribution in [0.2, 0.25) is 0 Å². The first-order valence-corrected chi connectivity index (χ1v) is 8.43. The van der Waals surface area contributed by atoms with E-state index in [0.717, 1.165) is 32.1 Å². The lowest BCUT2D eigenvalue weighted by Crippen LogP contribution is -2.41. The zero-order valence-corrected chi connectivity index (χ0v) is 16.9. The molecule has 1 atom stereocenters. The van der Waals surface area contributed by atoms with Crippen molar-refractivity contribution in [3.63, 3.8) is 0 Å². The van der Waals surface area contributed by atoms with Crippen LogP contribution >= 0.6 is 24.0 Å². The third kappa shape index (κ3) is 11.5. The summed E-state index contributed by atoms with van der Waals surface area (Å²) in [7, 11) is 6.10. The molecule has 0 radical (unpaired) electrons. The lowest BCUT2D eigenvalue weighted by atomic mass is 10.1. The average Bonchev–Trinajstić information content (AvgIpc) is 2.98. The van der Waals surface area contributed by atoms with Gasteiger partial charge in [0.2, 0.25) is 0 Å². The molecule has 1 saturated heterocycles. The predicted octanol–water partition coefficient (Wildman–Crippen LogP) is 2.46. The van der Waals surface area contributed by atoms with Crippen molar-refractivity contribution in [1.29, 1.82) is 0 Å². The van der Waals surface area contributed by atoms with E-state index in [2.05, 4.69) is 34.6 Å². The average molecular weight is 426 g/mol. The number of rotatable bonds is 10. The van der Waals surface area contributed by atoms with Crippen molar-refractivity contribution >= 4 is 29.9 Å². The minimum absolute atomic E-state index is 0. The number of unbranched alkanes of at least 4 members (excludes halogenated alkanes) is 4. The second-order valence-corrected chi connectivity index (χ2v) is 6.09. The van der Waals surface area contributed by atoms with Crippen molar-refractivity contribution in [3.05, 3.63) is 0 Å². The van der Waals surface area contributed by atoms with Gasteiger partial charge in [-0.1, -0.05) is 19.3 Å². The lowest BCUT2D eigenvalue weighted by molar-refractivity contribution is 0.114. The fraction of sp³-hybridized carbons (Fsp3) is 0.938. The summed E-state index contributed by atoms with van der Waals surface area (Å²) in [6.07, 6.45) is 9.20. The third-order valence-electron chi connectivity index (χ3n) is 3.82. The van der Waals surface area contributed by atoms with Gasteiger partial charge in [0.15, 0.2) is 5.96 Å². The van der Waals surface area contributed by atoms with Gasteiger partial charge in [0.25, 0.3) is 0 Å². The first-order chi connectivity index (χ1) is 10.2. The van der Waals surface area contributed by atoms with Gasteiger partial charge in [-0.05, 0) is 46.3 Å². The fourth-order valence-corrected chi connectivity index (χ4v) is 2.53. The van der Waals surface area contributed by atoms with E-state index in [-0.39, 0.29) is 24.0 Å². The van der Waals surface area contributed by atoms with Crippen molar-refractivity contribution in [1.82, 2.24) is 15.5 Å². The van der Waals surface area contributed by atoms with E-state index >= 15 is 0 Å². The van der Waals surface area contributed by atoms with Crippen LogP contribution in [0.5, 0.6) is 0 Å². The Kier molecular flexibility index (Phi) is 14.5. The Labute approximate surface area is 153 Å². The number of halogens is 1. The highest BCUT2D eigenvalue weighted by atomic mass is 127. The molecule has 0 aromatic heterocycles. The first kappa shape index (κ1) is 21.9. The normalized spacial score (nSPS) is 18.4. The van der Waals surface area contributed by atoms with E-state index in [4.69, 9.17) is 4.74 Å². The zero-order valence-electron chi connectivity index (χ0n) is 14.6. The predicted molar refractivity (Wildman–Crippen MR) is 105 cm³/mol. The Hall–Kier alpha value is -0.0800. The van der Waals surface area contributed by atoms with Crippen LogP contribution in [0.25, 0.3) is 0 Å². The summed E-state index contributed by atoms with van der Waals surface area (Å²) >= 11 is 0. The molecule has 22 heavy (non-hydrogen) atoms. The van der Waals surface area contributed by atoms with E-state index < -0.39 is 0 Å². The van der Waals surface area contributed by atoms with Crippen LogP contribution in [0.3, 0.4) is 0 Å². The van der Waals surface area contributed by atoms with Gasteiger partial charge in [0.05, 0.1) is 6.10 Å². The second kappa shape index (κ2) is 14.5. The molecular formula is C16H35IN4O. The summed E-state index contributed by atoms with van der Waals surface area (Å²) < 4.78 is 5.60. The van der Waals surface area contributed by atoms with E-state index in [1.54, 1.807) is 0 Å². The summed E-state index contributed by atoms with van der Waals surface area (Å²) in [5, 5.41) is 6.72. The van der Waals surface area contributed by atoms with Crippen molar-refractivity contribution in [2.75, 3.05) is 47.4 Å². The highest BCUT2D eigenvalue weighted by Gasteiger charge is 2.15. The highest BCUT2D eigenvalue weighted by molar-refractivity contribution is 14.0. The number of aliphatic imine (C=N–C) groups is 1. The van der Waals surface area contributed by atoms with Crippen LogP contribution in [-0.2, 0) is 4.74 Å². The van der Waals surface area contributed by atoms with Gasteiger partial charge in [-0.15, -0.1) is 24.0 Å². The molecular weight excluding hydrogens is 391 g/mol. The molecule has 0 amide bonds. The lowest BCUT2D eigenvalue weighted by Gasteiger charge is -2.15. The molecule has 0 aromatic rings. The smallest absolute Gasteiger partial charge is 0.191 e. The molecule has 1 fully saturated rings. The molecule has 132 valence electrons. The standard InChI is InChI=1S/C16H34N4O.HI/c1-17-16(19-14-15-10-9-13-21-15)18-11-7-5-4-6-8-12-20(2)3;/h15H,4-14H2,1-3H3,(H2,17,18,19);1H. The fourth-order valence-electron chi connectivity index (χ4n) is 2.53. The number of hydrogen-bond donors (Lipinski definition) is 2. The minimum atomic E-state index is 0. The van der Waals surface area contributed by atoms with E-state index in [9.17, 15) is 0 Å². The summed E-state index contributed by atoms with van der Waals surface area (Å²) in [4.78, 5) is 6.50. The Morgan fingerprint density at radius 1 is 1.14 bits per heavy atom. The van der Waals surface area contributed by atoms with Crippen LogP contribution in [0.1, 0.15) is 44.9 Å². The van der Waals surface area contributed by atoms with Crippen molar-refractivity contribution in [2.45, 2.75) is 51.0 Å². The maximum Gasteiger partial charge on any atom is 0.191 e. The van der Waals surface area contributed by atoms with Crippen LogP contribution < -0.4 is 10.6 Å². The number of guanidine groups is 1. The number of ether oxygens (including phenoxy) is 1. The molecule has 0 saturated carbocycles. The number of hydrogen-bond acceptors (Lipinski definition) is 3. The third-order valence-corrected chi connectivity index (χ3v) is 3.82. The summed E-state index contributed by atoms with van der Waals surface area (Å²) in [5.74, 6) is 0.901. The highest BCUT2D eigenvalue weighted by Crippen LogP contribution is 2.10. The van der Waals surface area contributed by atoms with Gasteiger partial charge < -0.3 is 20.3 Å². The molecule has 0 spiro atoms. The Bertz CT molecular complexity index is 281. The molecule has 2 N–H and O–H groups in total. The van der Waals surface area contributed by atoms with Crippen LogP contribution in [0, 0.1) is 0 Å². The molecule has 0 bridgehead atoms. The quantitative estimate of drug-likeness (QED) is 0.244. The molecule has 0 aromatic carbocycles. The minimum Gasteiger partial charge on any atom is -0.376 e. The SMILES string of the molecule is CN=C(NCCCCCCCN(C)C)NCC1CCCO1.I. The monoisotopic (exact) mass is 426 g/mol. The van der Waals surface area contributed by atoms with Crippen LogP contribution in [0.15, 0.2) is 4.99 Å². The molecule has 1 rings (SSSR count). The Balaban J connectivity index is 0.00000441. The van der Waals surface area contributed by atoms with E-state index in [1.165, 1.54) is 45.1 Å². The topological polar surface area (TPSA) is 48.9 Å². The summed E-state index contributed by atoms with van der Waals surface area (Å²) in [5.41, 5.74) is 0. The molecule has 1 aliphatic rings. The molecule has 6 heteroatoms. The van der Waals surface area contributed by atoms with Gasteiger partial charge in [-0.3, -0.25) is 4.99 Å². The van der Waals surface area contributed by atoms with Crippen molar-refractivity contribution < 1.29 is 4.74 Å². The van der Waals surface area contributed by atoms with Crippen molar-refractivity contribution in [2.24, 2.45) is 4.99 Å². The van der Waals surface area contributed by atoms with Gasteiger partial charge in [-0.2, -0.15) is 0 Å². The first-order valence-electron chi connectivity index (χ1n) is 8.43. The molecule has 1 aliphatic heterocycles. The zero-order chi connectivity index (χ0) is 15.3. The van der Waals surface area contributed by atoms with Crippen LogP contribution in [0.4, 0.5) is 0 Å². The van der Waals surface area contributed by atoms with Gasteiger partial charge in [-0.25, -0.2) is 0 Å². The largest absolute Gasteiger partial charge is 0.376 e. The molecule has 0 aliphatic carbocycles.